The van der Waals surface area contributed by atoms with Gasteiger partial charge in [-0.25, -0.2) is 4.79 Å². The van der Waals surface area contributed by atoms with Gasteiger partial charge in [0.2, 0.25) is 0 Å². The first kappa shape index (κ1) is 21.7. The first-order valence-corrected chi connectivity index (χ1v) is 8.75. The monoisotopic (exact) mass is 326 g/mol. The Hall–Kier alpha value is -1.32. The van der Waals surface area contributed by atoms with Gasteiger partial charge >= 0.3 is 11.9 Å². The van der Waals surface area contributed by atoms with Crippen LogP contribution in [0.15, 0.2) is 11.6 Å². The number of allylic oxidation sites excluding steroid dienone is 1. The summed E-state index contributed by atoms with van der Waals surface area (Å²) in [6, 6.07) is 0. The Bertz CT molecular complexity index is 435. The molecule has 0 aliphatic rings. The molecule has 2 N–H and O–H groups in total. The van der Waals surface area contributed by atoms with Crippen LogP contribution in [0.25, 0.3) is 0 Å². The molecular formula is C19H34O4. The highest BCUT2D eigenvalue weighted by Gasteiger charge is 2.55. The van der Waals surface area contributed by atoms with E-state index in [-0.39, 0.29) is 11.5 Å². The van der Waals surface area contributed by atoms with Gasteiger partial charge in [0, 0.05) is 0 Å². The van der Waals surface area contributed by atoms with Gasteiger partial charge in [0.05, 0.1) is 5.57 Å². The molecule has 0 spiro atoms. The maximum Gasteiger partial charge on any atom is 0.332 e. The highest BCUT2D eigenvalue weighted by atomic mass is 16.4. The zero-order valence-electron chi connectivity index (χ0n) is 15.6. The lowest BCUT2D eigenvalue weighted by atomic mass is 9.57. The van der Waals surface area contributed by atoms with Gasteiger partial charge in [0.15, 0.2) is 0 Å². The molecule has 0 amide bonds. The first-order valence-electron chi connectivity index (χ1n) is 8.75. The van der Waals surface area contributed by atoms with Crippen LogP contribution < -0.4 is 0 Å². The van der Waals surface area contributed by atoms with Crippen molar-refractivity contribution in [1.29, 1.82) is 0 Å². The summed E-state index contributed by atoms with van der Waals surface area (Å²) in [4.78, 5) is 24.3. The van der Waals surface area contributed by atoms with Crippen LogP contribution >= 0.6 is 0 Å². The number of hydrogen-bond acceptors (Lipinski definition) is 2. The molecule has 0 bridgehead atoms. The van der Waals surface area contributed by atoms with Crippen LogP contribution in [-0.2, 0) is 9.59 Å². The van der Waals surface area contributed by atoms with Crippen molar-refractivity contribution in [1.82, 2.24) is 0 Å². The molecule has 4 nitrogen and oxygen atoms in total. The maximum atomic E-state index is 12.4. The summed E-state index contributed by atoms with van der Waals surface area (Å²) in [7, 11) is 0. The Morgan fingerprint density at radius 3 is 1.83 bits per heavy atom. The molecule has 1 unspecified atom stereocenters. The summed E-state index contributed by atoms with van der Waals surface area (Å²) in [6.45, 7) is 11.6. The molecule has 0 rings (SSSR count). The zero-order chi connectivity index (χ0) is 18.3. The van der Waals surface area contributed by atoms with E-state index in [1.54, 1.807) is 6.08 Å². The molecule has 134 valence electrons. The SMILES string of the molecule is CCCCC(C)(C)C(CCCC)(C(=O)O)C(=CC(C)C)C(=O)O. The highest BCUT2D eigenvalue weighted by Crippen LogP contribution is 2.52. The van der Waals surface area contributed by atoms with Crippen molar-refractivity contribution >= 4 is 11.9 Å². The van der Waals surface area contributed by atoms with Gasteiger partial charge in [-0.3, -0.25) is 4.79 Å². The van der Waals surface area contributed by atoms with E-state index < -0.39 is 22.8 Å². The van der Waals surface area contributed by atoms with Crippen molar-refractivity contribution in [3.63, 3.8) is 0 Å². The Labute approximate surface area is 141 Å². The van der Waals surface area contributed by atoms with Crippen molar-refractivity contribution in [3.8, 4) is 0 Å². The first-order chi connectivity index (χ1) is 10.6. The predicted molar refractivity (Wildman–Crippen MR) is 93.5 cm³/mol. The lowest BCUT2D eigenvalue weighted by molar-refractivity contribution is -0.158. The summed E-state index contributed by atoms with van der Waals surface area (Å²) < 4.78 is 0. The van der Waals surface area contributed by atoms with Crippen LogP contribution in [0.2, 0.25) is 0 Å². The summed E-state index contributed by atoms with van der Waals surface area (Å²) in [5, 5.41) is 19.9. The quantitative estimate of drug-likeness (QED) is 0.516. The minimum Gasteiger partial charge on any atom is -0.481 e. The highest BCUT2D eigenvalue weighted by molar-refractivity contribution is 5.97. The molecule has 1 atom stereocenters. The van der Waals surface area contributed by atoms with Gasteiger partial charge in [-0.1, -0.05) is 73.3 Å². The van der Waals surface area contributed by atoms with Crippen LogP contribution in [0, 0.1) is 16.7 Å². The van der Waals surface area contributed by atoms with E-state index >= 15 is 0 Å². The standard InChI is InChI=1S/C19H34O4/c1-7-9-11-18(5,6)19(17(22)23,12-10-8-2)15(16(20)21)13-14(3)4/h13-14H,7-12H2,1-6H3,(H,20,21)(H,22,23). The second kappa shape index (κ2) is 9.09. The lowest BCUT2D eigenvalue weighted by Gasteiger charge is -2.44. The summed E-state index contributed by atoms with van der Waals surface area (Å²) in [6.07, 6.45) is 6.08. The third-order valence-electron chi connectivity index (χ3n) is 4.77. The number of carboxylic acid groups (broad SMARTS) is 2. The fourth-order valence-corrected chi connectivity index (χ4v) is 3.35. The average Bonchev–Trinajstić information content (AvgIpc) is 2.43. The predicted octanol–water partition coefficient (Wildman–Crippen LogP) is 5.13. The Morgan fingerprint density at radius 2 is 1.48 bits per heavy atom. The topological polar surface area (TPSA) is 74.6 Å². The van der Waals surface area contributed by atoms with Gasteiger partial charge in [0.25, 0.3) is 0 Å². The third kappa shape index (κ3) is 5.08. The second-order valence-electron chi connectivity index (χ2n) is 7.43. The maximum absolute atomic E-state index is 12.4. The molecule has 0 saturated carbocycles. The molecule has 0 aliphatic carbocycles. The molecule has 0 aromatic heterocycles. The van der Waals surface area contributed by atoms with Crippen molar-refractivity contribution < 1.29 is 19.8 Å². The van der Waals surface area contributed by atoms with Crippen LogP contribution in [0.1, 0.15) is 80.1 Å². The largest absolute Gasteiger partial charge is 0.481 e. The molecule has 4 heteroatoms. The Morgan fingerprint density at radius 1 is 1.00 bits per heavy atom. The van der Waals surface area contributed by atoms with Crippen LogP contribution in [-0.4, -0.2) is 22.2 Å². The minimum absolute atomic E-state index is 0.0107. The normalized spacial score (nSPS) is 15.5. The molecule has 0 radical (unpaired) electrons. The fraction of sp³-hybridized carbons (Fsp3) is 0.789. The van der Waals surface area contributed by atoms with Crippen LogP contribution in [0.4, 0.5) is 0 Å². The van der Waals surface area contributed by atoms with Crippen molar-refractivity contribution in [2.75, 3.05) is 0 Å². The van der Waals surface area contributed by atoms with Crippen LogP contribution in [0.5, 0.6) is 0 Å². The molecule has 0 aromatic rings. The number of hydrogen-bond donors (Lipinski definition) is 2. The van der Waals surface area contributed by atoms with Gasteiger partial charge < -0.3 is 10.2 Å². The third-order valence-corrected chi connectivity index (χ3v) is 4.77. The summed E-state index contributed by atoms with van der Waals surface area (Å²) >= 11 is 0. The lowest BCUT2D eigenvalue weighted by Crippen LogP contribution is -2.48. The Kier molecular flexibility index (Phi) is 8.57. The summed E-state index contributed by atoms with van der Waals surface area (Å²) in [5.74, 6) is -2.13. The molecule has 0 saturated heterocycles. The van der Waals surface area contributed by atoms with E-state index in [1.165, 1.54) is 0 Å². The number of carbonyl (C=O) groups is 2. The molecular weight excluding hydrogens is 292 g/mol. The smallest absolute Gasteiger partial charge is 0.332 e. The number of carboxylic acids is 2. The van der Waals surface area contributed by atoms with Gasteiger partial charge in [0.1, 0.15) is 5.41 Å². The van der Waals surface area contributed by atoms with Crippen molar-refractivity contribution in [2.24, 2.45) is 16.7 Å². The molecule has 0 aromatic carbocycles. The fourth-order valence-electron chi connectivity index (χ4n) is 3.35. The van der Waals surface area contributed by atoms with Crippen molar-refractivity contribution in [2.45, 2.75) is 80.1 Å². The second-order valence-corrected chi connectivity index (χ2v) is 7.43. The van der Waals surface area contributed by atoms with E-state index in [4.69, 9.17) is 0 Å². The average molecular weight is 326 g/mol. The number of rotatable bonds is 11. The van der Waals surface area contributed by atoms with E-state index in [9.17, 15) is 19.8 Å². The summed E-state index contributed by atoms with van der Waals surface area (Å²) in [5.41, 5.74) is -1.92. The minimum atomic E-state index is -1.35. The molecule has 23 heavy (non-hydrogen) atoms. The van der Waals surface area contributed by atoms with Crippen molar-refractivity contribution in [3.05, 3.63) is 11.6 Å². The van der Waals surface area contributed by atoms with E-state index in [0.717, 1.165) is 19.3 Å². The molecule has 0 fully saturated rings. The van der Waals surface area contributed by atoms with Gasteiger partial charge in [-0.05, 0) is 24.2 Å². The van der Waals surface area contributed by atoms with E-state index in [1.807, 2.05) is 34.6 Å². The van der Waals surface area contributed by atoms with E-state index in [0.29, 0.717) is 19.3 Å². The zero-order valence-corrected chi connectivity index (χ0v) is 15.6. The van der Waals surface area contributed by atoms with E-state index in [2.05, 4.69) is 6.92 Å². The number of aliphatic carboxylic acids is 2. The van der Waals surface area contributed by atoms with Gasteiger partial charge in [-0.2, -0.15) is 0 Å². The van der Waals surface area contributed by atoms with Gasteiger partial charge in [-0.15, -0.1) is 0 Å². The van der Waals surface area contributed by atoms with Crippen LogP contribution in [0.3, 0.4) is 0 Å². The molecule has 0 heterocycles. The molecule has 0 aliphatic heterocycles. The number of unbranched alkanes of at least 4 members (excludes halogenated alkanes) is 2. The Balaban J connectivity index is 6.32.